The van der Waals surface area contributed by atoms with Gasteiger partial charge in [0.25, 0.3) is 0 Å². The molecule has 27 heavy (non-hydrogen) atoms. The third-order valence-corrected chi connectivity index (χ3v) is 4.24. The molecule has 0 saturated carbocycles. The first-order valence-corrected chi connectivity index (χ1v) is 8.48. The summed E-state index contributed by atoms with van der Waals surface area (Å²) in [5.74, 6) is 1.34. The van der Waals surface area contributed by atoms with E-state index in [0.717, 1.165) is 22.6 Å². The van der Waals surface area contributed by atoms with Crippen molar-refractivity contribution in [2.24, 2.45) is 10.2 Å². The van der Waals surface area contributed by atoms with Crippen molar-refractivity contribution >= 4 is 17.2 Å². The summed E-state index contributed by atoms with van der Waals surface area (Å²) in [5.41, 5.74) is 3.77. The highest BCUT2D eigenvalue weighted by molar-refractivity contribution is 5.77. The molecule has 4 aromatic rings. The lowest BCUT2D eigenvalue weighted by molar-refractivity contribution is 0.415. The van der Waals surface area contributed by atoms with E-state index in [1.54, 1.807) is 29.8 Å². The molecule has 0 atom stereocenters. The molecule has 2 heterocycles. The van der Waals surface area contributed by atoms with Crippen LogP contribution >= 0.6 is 0 Å². The fraction of sp³-hybridized carbons (Fsp3) is 0.0952. The molecule has 6 heteroatoms. The van der Waals surface area contributed by atoms with Gasteiger partial charge in [0.15, 0.2) is 17.2 Å². The molecule has 0 fully saturated rings. The van der Waals surface area contributed by atoms with Gasteiger partial charge in [-0.05, 0) is 43.3 Å². The third kappa shape index (κ3) is 3.25. The normalized spacial score (nSPS) is 11.3. The number of hydrogen-bond donors (Lipinski definition) is 1. The summed E-state index contributed by atoms with van der Waals surface area (Å²) in [4.78, 5) is 4.59. The lowest BCUT2D eigenvalue weighted by Gasteiger charge is -2.03. The van der Waals surface area contributed by atoms with Gasteiger partial charge < -0.3 is 9.84 Å². The number of aromatic nitrogens is 2. The van der Waals surface area contributed by atoms with Gasteiger partial charge in [0.05, 0.1) is 12.8 Å². The van der Waals surface area contributed by atoms with Gasteiger partial charge in [0.2, 0.25) is 0 Å². The molecule has 0 amide bonds. The molecule has 0 aliphatic heterocycles. The van der Waals surface area contributed by atoms with Gasteiger partial charge in [-0.25, -0.2) is 4.98 Å². The van der Waals surface area contributed by atoms with Crippen LogP contribution in [0, 0.1) is 6.92 Å². The first-order chi connectivity index (χ1) is 13.2. The van der Waals surface area contributed by atoms with E-state index in [1.165, 1.54) is 0 Å². The highest BCUT2D eigenvalue weighted by Gasteiger charge is 2.16. The van der Waals surface area contributed by atoms with E-state index in [4.69, 9.17) is 4.74 Å². The van der Waals surface area contributed by atoms with E-state index < -0.39 is 0 Å². The molecule has 0 aliphatic carbocycles. The second kappa shape index (κ2) is 6.92. The molecule has 6 nitrogen and oxygen atoms in total. The zero-order valence-electron chi connectivity index (χ0n) is 15.0. The van der Waals surface area contributed by atoms with Crippen LogP contribution in [0.15, 0.2) is 77.1 Å². The largest absolute Gasteiger partial charge is 0.504 e. The summed E-state index contributed by atoms with van der Waals surface area (Å²) < 4.78 is 7.04. The predicted octanol–water partition coefficient (Wildman–Crippen LogP) is 5.44. The van der Waals surface area contributed by atoms with Crippen molar-refractivity contribution in [3.8, 4) is 22.8 Å². The lowest BCUT2D eigenvalue weighted by atomic mass is 10.1. The summed E-state index contributed by atoms with van der Waals surface area (Å²) in [6, 6.07) is 18.7. The maximum absolute atomic E-state index is 10.2. The van der Waals surface area contributed by atoms with Crippen LogP contribution in [0.25, 0.3) is 16.9 Å². The second-order valence-corrected chi connectivity index (χ2v) is 6.14. The molecular formula is C21H18N4O2. The highest BCUT2D eigenvalue weighted by Crippen LogP contribution is 2.35. The van der Waals surface area contributed by atoms with Crippen molar-refractivity contribution in [2.75, 3.05) is 7.11 Å². The van der Waals surface area contributed by atoms with Gasteiger partial charge in [0, 0.05) is 11.8 Å². The van der Waals surface area contributed by atoms with Crippen molar-refractivity contribution in [3.63, 3.8) is 0 Å². The van der Waals surface area contributed by atoms with Gasteiger partial charge >= 0.3 is 0 Å². The van der Waals surface area contributed by atoms with Crippen LogP contribution in [0.2, 0.25) is 0 Å². The Morgan fingerprint density at radius 2 is 1.81 bits per heavy atom. The Morgan fingerprint density at radius 1 is 1.00 bits per heavy atom. The van der Waals surface area contributed by atoms with Gasteiger partial charge in [-0.3, -0.25) is 4.40 Å². The Balaban J connectivity index is 1.88. The first kappa shape index (κ1) is 16.8. The number of ether oxygens (including phenoxy) is 1. The molecule has 2 aromatic carbocycles. The van der Waals surface area contributed by atoms with Gasteiger partial charge in [-0.2, -0.15) is 0 Å². The minimum absolute atomic E-state index is 0.0819. The molecule has 0 bridgehead atoms. The van der Waals surface area contributed by atoms with E-state index >= 15 is 0 Å². The molecule has 2 aromatic heterocycles. The van der Waals surface area contributed by atoms with Gasteiger partial charge in [0.1, 0.15) is 11.4 Å². The minimum Gasteiger partial charge on any atom is -0.504 e. The van der Waals surface area contributed by atoms with Crippen molar-refractivity contribution in [3.05, 3.63) is 72.4 Å². The number of aromatic hydroxyl groups is 1. The molecule has 4 rings (SSSR count). The molecular weight excluding hydrogens is 340 g/mol. The van der Waals surface area contributed by atoms with E-state index in [0.29, 0.717) is 17.2 Å². The number of imidazole rings is 1. The van der Waals surface area contributed by atoms with Crippen LogP contribution in [-0.4, -0.2) is 21.6 Å². The predicted molar refractivity (Wildman–Crippen MR) is 104 cm³/mol. The monoisotopic (exact) mass is 358 g/mol. The Labute approximate surface area is 156 Å². The fourth-order valence-corrected chi connectivity index (χ4v) is 2.82. The Hall–Kier alpha value is -3.67. The molecule has 134 valence electrons. The summed E-state index contributed by atoms with van der Waals surface area (Å²) in [6.45, 7) is 2.02. The number of methoxy groups -OCH3 is 1. The van der Waals surface area contributed by atoms with Crippen molar-refractivity contribution in [1.29, 1.82) is 0 Å². The summed E-state index contributed by atoms with van der Waals surface area (Å²) >= 11 is 0. The SMILES string of the molecule is COc1cccc(-c2nc3c(O)cccn3c2N=Nc2ccc(C)cc2)c1. The average Bonchev–Trinajstić information content (AvgIpc) is 3.08. The van der Waals surface area contributed by atoms with E-state index in [-0.39, 0.29) is 5.75 Å². The number of pyridine rings is 1. The van der Waals surface area contributed by atoms with Crippen molar-refractivity contribution < 1.29 is 9.84 Å². The van der Waals surface area contributed by atoms with Crippen LogP contribution in [0.3, 0.4) is 0 Å². The standard InChI is InChI=1S/C21H18N4O2/c1-14-8-10-16(11-9-14)23-24-21-19(15-5-3-6-17(13-15)27-2)22-20-18(26)7-4-12-25(20)21/h3-13,26H,1-2H3. The van der Waals surface area contributed by atoms with E-state index in [1.807, 2.05) is 55.5 Å². The molecule has 0 saturated heterocycles. The van der Waals surface area contributed by atoms with E-state index in [9.17, 15) is 5.11 Å². The van der Waals surface area contributed by atoms with Crippen LogP contribution < -0.4 is 4.74 Å². The average molecular weight is 358 g/mol. The minimum atomic E-state index is 0.0819. The summed E-state index contributed by atoms with van der Waals surface area (Å²) in [6.07, 6.45) is 1.80. The summed E-state index contributed by atoms with van der Waals surface area (Å²) in [5, 5.41) is 19.0. The smallest absolute Gasteiger partial charge is 0.187 e. The number of aryl methyl sites for hydroxylation is 1. The van der Waals surface area contributed by atoms with Crippen molar-refractivity contribution in [1.82, 2.24) is 9.38 Å². The quantitative estimate of drug-likeness (QED) is 0.494. The maximum Gasteiger partial charge on any atom is 0.187 e. The molecule has 0 radical (unpaired) electrons. The molecule has 0 aliphatic rings. The highest BCUT2D eigenvalue weighted by atomic mass is 16.5. The first-order valence-electron chi connectivity index (χ1n) is 8.48. The Bertz CT molecular complexity index is 1130. The Kier molecular flexibility index (Phi) is 4.30. The number of hydrogen-bond acceptors (Lipinski definition) is 5. The number of fused-ring (bicyclic) bond motifs is 1. The van der Waals surface area contributed by atoms with Crippen LogP contribution in [0.1, 0.15) is 5.56 Å². The fourth-order valence-electron chi connectivity index (χ4n) is 2.82. The zero-order chi connectivity index (χ0) is 18.8. The lowest BCUT2D eigenvalue weighted by Crippen LogP contribution is -1.84. The zero-order valence-corrected chi connectivity index (χ0v) is 15.0. The molecule has 1 N–H and O–H groups in total. The molecule has 0 spiro atoms. The van der Waals surface area contributed by atoms with Crippen LogP contribution in [-0.2, 0) is 0 Å². The maximum atomic E-state index is 10.2. The van der Waals surface area contributed by atoms with Gasteiger partial charge in [-0.15, -0.1) is 10.2 Å². The summed E-state index contributed by atoms with van der Waals surface area (Å²) in [7, 11) is 1.62. The molecule has 0 unspecified atom stereocenters. The number of rotatable bonds is 4. The number of benzene rings is 2. The van der Waals surface area contributed by atoms with Crippen LogP contribution in [0.4, 0.5) is 11.5 Å². The topological polar surface area (TPSA) is 71.5 Å². The van der Waals surface area contributed by atoms with Crippen LogP contribution in [0.5, 0.6) is 11.5 Å². The number of azo groups is 1. The van der Waals surface area contributed by atoms with Gasteiger partial charge in [-0.1, -0.05) is 29.8 Å². The Morgan fingerprint density at radius 3 is 2.59 bits per heavy atom. The second-order valence-electron chi connectivity index (χ2n) is 6.14. The van der Waals surface area contributed by atoms with Crippen molar-refractivity contribution in [2.45, 2.75) is 6.92 Å². The van der Waals surface area contributed by atoms with E-state index in [2.05, 4.69) is 15.2 Å². The number of nitrogens with zero attached hydrogens (tertiary/aromatic N) is 4. The third-order valence-electron chi connectivity index (χ3n) is 4.24.